The molecule has 0 spiro atoms. The first-order valence-electron chi connectivity index (χ1n) is 6.05. The molecular weight excluding hydrogens is 240 g/mol. The van der Waals surface area contributed by atoms with Crippen LogP contribution in [-0.4, -0.2) is 23.9 Å². The van der Waals surface area contributed by atoms with Gasteiger partial charge in [-0.2, -0.15) is 0 Å². The van der Waals surface area contributed by atoms with Crippen LogP contribution in [0, 0.1) is 0 Å². The first kappa shape index (κ1) is 14.3. The Morgan fingerprint density at radius 1 is 0.500 bits per heavy atom. The second-order valence-corrected chi connectivity index (χ2v) is 4.11. The van der Waals surface area contributed by atoms with Crippen molar-refractivity contribution >= 4 is 23.9 Å². The van der Waals surface area contributed by atoms with Crippen molar-refractivity contribution in [3.05, 3.63) is 0 Å². The molecule has 1 aliphatic heterocycles. The molecule has 0 radical (unpaired) electrons. The second kappa shape index (κ2) is 7.58. The maximum absolute atomic E-state index is 11.2. The minimum atomic E-state index is -0.763. The van der Waals surface area contributed by atoms with Gasteiger partial charge in [0.05, 0.1) is 12.8 Å². The molecule has 6 nitrogen and oxygen atoms in total. The fourth-order valence-electron chi connectivity index (χ4n) is 1.55. The number of rotatable bonds is 0. The van der Waals surface area contributed by atoms with Gasteiger partial charge in [-0.3, -0.25) is 19.2 Å². The zero-order valence-corrected chi connectivity index (χ0v) is 10.1. The van der Waals surface area contributed by atoms with Crippen LogP contribution in [0.4, 0.5) is 0 Å². The largest absolute Gasteiger partial charge is 0.393 e. The van der Waals surface area contributed by atoms with E-state index >= 15 is 0 Å². The molecule has 0 bridgehead atoms. The Bertz CT molecular complexity index is 312. The highest BCUT2D eigenvalue weighted by molar-refractivity contribution is 5.89. The Hall–Kier alpha value is -1.72. The first-order valence-corrected chi connectivity index (χ1v) is 6.05. The van der Waals surface area contributed by atoms with Crippen LogP contribution >= 0.6 is 0 Å². The summed E-state index contributed by atoms with van der Waals surface area (Å²) in [6.07, 6.45) is 2.65. The molecule has 100 valence electrons. The minimum absolute atomic E-state index is 0.185. The Morgan fingerprint density at radius 3 is 1.22 bits per heavy atom. The molecule has 0 aromatic carbocycles. The molecular formula is C12H16O6. The first-order chi connectivity index (χ1) is 8.58. The number of esters is 4. The lowest BCUT2D eigenvalue weighted by Crippen LogP contribution is -2.17. The SMILES string of the molecule is O=C1CCCCCCC(=O)OC(=O)CCC(=O)O1. The zero-order valence-electron chi connectivity index (χ0n) is 10.1. The molecule has 0 aromatic rings. The normalized spacial score (nSPS) is 20.9. The third-order valence-electron chi connectivity index (χ3n) is 2.50. The van der Waals surface area contributed by atoms with Crippen LogP contribution in [0.2, 0.25) is 0 Å². The highest BCUT2D eigenvalue weighted by Gasteiger charge is 2.16. The molecule has 1 saturated heterocycles. The van der Waals surface area contributed by atoms with E-state index in [2.05, 4.69) is 9.47 Å². The molecule has 18 heavy (non-hydrogen) atoms. The van der Waals surface area contributed by atoms with Crippen LogP contribution in [0.3, 0.4) is 0 Å². The van der Waals surface area contributed by atoms with E-state index in [1.165, 1.54) is 0 Å². The smallest absolute Gasteiger partial charge is 0.314 e. The van der Waals surface area contributed by atoms with Gasteiger partial charge in [-0.1, -0.05) is 12.8 Å². The summed E-state index contributed by atoms with van der Waals surface area (Å²) >= 11 is 0. The van der Waals surface area contributed by atoms with Gasteiger partial charge in [0, 0.05) is 12.8 Å². The van der Waals surface area contributed by atoms with Gasteiger partial charge in [-0.25, -0.2) is 0 Å². The maximum atomic E-state index is 11.2. The summed E-state index contributed by atoms with van der Waals surface area (Å²) in [7, 11) is 0. The van der Waals surface area contributed by atoms with E-state index in [-0.39, 0.29) is 25.7 Å². The van der Waals surface area contributed by atoms with Gasteiger partial charge in [-0.05, 0) is 12.8 Å². The van der Waals surface area contributed by atoms with Gasteiger partial charge in [0.15, 0.2) is 0 Å². The summed E-state index contributed by atoms with van der Waals surface area (Å²) < 4.78 is 9.00. The van der Waals surface area contributed by atoms with Gasteiger partial charge in [0.25, 0.3) is 0 Å². The van der Waals surface area contributed by atoms with Crippen LogP contribution in [0.25, 0.3) is 0 Å². The monoisotopic (exact) mass is 256 g/mol. The summed E-state index contributed by atoms with van der Waals surface area (Å²) in [6, 6.07) is 0. The molecule has 6 heteroatoms. The number of carbonyl (C=O) groups is 4. The van der Waals surface area contributed by atoms with Crippen molar-refractivity contribution in [3.8, 4) is 0 Å². The molecule has 0 amide bonds. The van der Waals surface area contributed by atoms with Crippen LogP contribution in [0.15, 0.2) is 0 Å². The van der Waals surface area contributed by atoms with E-state index in [1.54, 1.807) is 0 Å². The van der Waals surface area contributed by atoms with Gasteiger partial charge in [0.1, 0.15) is 0 Å². The summed E-state index contributed by atoms with van der Waals surface area (Å²) in [5.41, 5.74) is 0. The van der Waals surface area contributed by atoms with Gasteiger partial charge in [0.2, 0.25) is 0 Å². The quantitative estimate of drug-likeness (QED) is 0.479. The van der Waals surface area contributed by atoms with E-state index < -0.39 is 23.9 Å². The van der Waals surface area contributed by atoms with E-state index in [9.17, 15) is 19.2 Å². The lowest BCUT2D eigenvalue weighted by atomic mass is 10.1. The Morgan fingerprint density at radius 2 is 0.833 bits per heavy atom. The number of hydrogen-bond donors (Lipinski definition) is 0. The van der Waals surface area contributed by atoms with Crippen molar-refractivity contribution in [1.29, 1.82) is 0 Å². The van der Waals surface area contributed by atoms with Crippen LogP contribution in [-0.2, 0) is 28.7 Å². The third kappa shape index (κ3) is 6.12. The fraction of sp³-hybridized carbons (Fsp3) is 0.667. The summed E-state index contributed by atoms with van der Waals surface area (Å²) in [4.78, 5) is 44.7. The van der Waals surface area contributed by atoms with Crippen molar-refractivity contribution in [2.24, 2.45) is 0 Å². The zero-order chi connectivity index (χ0) is 13.4. The summed E-state index contributed by atoms with van der Waals surface area (Å²) in [6.45, 7) is 0. The highest BCUT2D eigenvalue weighted by Crippen LogP contribution is 2.09. The van der Waals surface area contributed by atoms with Gasteiger partial charge in [-0.15, -0.1) is 0 Å². The predicted molar refractivity (Wildman–Crippen MR) is 59.1 cm³/mol. The van der Waals surface area contributed by atoms with Crippen molar-refractivity contribution in [2.45, 2.75) is 51.4 Å². The molecule has 0 aliphatic carbocycles. The average Bonchev–Trinajstić information content (AvgIpc) is 2.30. The highest BCUT2D eigenvalue weighted by atomic mass is 16.6. The number of cyclic esters (lactones) is 4. The second-order valence-electron chi connectivity index (χ2n) is 4.11. The molecule has 0 N–H and O–H groups in total. The minimum Gasteiger partial charge on any atom is -0.393 e. The van der Waals surface area contributed by atoms with Crippen LogP contribution in [0.5, 0.6) is 0 Å². The third-order valence-corrected chi connectivity index (χ3v) is 2.50. The Balaban J connectivity index is 2.48. The Labute approximate surface area is 105 Å². The molecule has 1 heterocycles. The standard InChI is InChI=1S/C12H16O6/c13-9-5-3-1-2-4-6-10(14)18-12(16)8-7-11(15)17-9/h1-8H2. The van der Waals surface area contributed by atoms with Crippen molar-refractivity contribution < 1.29 is 28.7 Å². The lowest BCUT2D eigenvalue weighted by molar-refractivity contribution is -0.165. The van der Waals surface area contributed by atoms with Gasteiger partial charge >= 0.3 is 23.9 Å². The number of ether oxygens (including phenoxy) is 2. The molecule has 1 fully saturated rings. The molecule has 0 aromatic heterocycles. The molecule has 0 unspecified atom stereocenters. The van der Waals surface area contributed by atoms with Crippen LogP contribution in [0.1, 0.15) is 51.4 Å². The van der Waals surface area contributed by atoms with Crippen LogP contribution < -0.4 is 0 Å². The molecule has 0 saturated carbocycles. The molecule has 0 atom stereocenters. The van der Waals surface area contributed by atoms with E-state index in [0.717, 1.165) is 12.8 Å². The van der Waals surface area contributed by atoms with Crippen molar-refractivity contribution in [3.63, 3.8) is 0 Å². The van der Waals surface area contributed by atoms with E-state index in [4.69, 9.17) is 0 Å². The Kier molecular flexibility index (Phi) is 6.04. The van der Waals surface area contributed by atoms with E-state index in [0.29, 0.717) is 12.8 Å². The molecule has 1 aliphatic rings. The fourth-order valence-corrected chi connectivity index (χ4v) is 1.55. The summed E-state index contributed by atoms with van der Waals surface area (Å²) in [5, 5.41) is 0. The average molecular weight is 256 g/mol. The topological polar surface area (TPSA) is 86.7 Å². The van der Waals surface area contributed by atoms with E-state index in [1.807, 2.05) is 0 Å². The molecule has 1 rings (SSSR count). The van der Waals surface area contributed by atoms with Crippen molar-refractivity contribution in [2.75, 3.05) is 0 Å². The number of carbonyl (C=O) groups excluding carboxylic acids is 4. The van der Waals surface area contributed by atoms with Gasteiger partial charge < -0.3 is 9.47 Å². The lowest BCUT2D eigenvalue weighted by Gasteiger charge is -2.06. The summed E-state index contributed by atoms with van der Waals surface area (Å²) in [5.74, 6) is -2.66. The van der Waals surface area contributed by atoms with Crippen molar-refractivity contribution in [1.82, 2.24) is 0 Å². The maximum Gasteiger partial charge on any atom is 0.314 e. The number of hydrogen-bond acceptors (Lipinski definition) is 6. The predicted octanol–water partition coefficient (Wildman–Crippen LogP) is 1.26.